The van der Waals surface area contributed by atoms with Crippen molar-refractivity contribution in [2.24, 2.45) is 0 Å². The van der Waals surface area contributed by atoms with Gasteiger partial charge in [-0.15, -0.1) is 11.3 Å². The Bertz CT molecular complexity index is 1230. The van der Waals surface area contributed by atoms with Crippen LogP contribution >= 0.6 is 11.3 Å². The van der Waals surface area contributed by atoms with Crippen LogP contribution in [-0.2, 0) is 30.6 Å². The maximum atomic E-state index is 14.0. The molecule has 4 nitrogen and oxygen atoms in total. The average Bonchev–Trinajstić information content (AvgIpc) is 3.21. The third kappa shape index (κ3) is 4.68. The largest absolute Gasteiger partial charge is 0.348 e. The number of carbonyl (C=O) groups excluding carboxylic acids is 2. The molecule has 0 fully saturated rings. The lowest BCUT2D eigenvalue weighted by molar-refractivity contribution is -0.115. The molecule has 10 heteroatoms. The summed E-state index contributed by atoms with van der Waals surface area (Å²) >= 11 is 1.18. The van der Waals surface area contributed by atoms with Crippen LogP contribution in [0.2, 0.25) is 0 Å². The molecule has 178 valence electrons. The van der Waals surface area contributed by atoms with Crippen molar-refractivity contribution < 1.29 is 31.5 Å². The monoisotopic (exact) mass is 494 g/mol. The predicted molar refractivity (Wildman–Crippen MR) is 117 cm³/mol. The highest BCUT2D eigenvalue weighted by molar-refractivity contribution is 7.17. The maximum absolute atomic E-state index is 14.0. The summed E-state index contributed by atoms with van der Waals surface area (Å²) in [6, 6.07) is 9.20. The molecule has 2 amide bonds. The van der Waals surface area contributed by atoms with E-state index >= 15 is 0 Å². The Morgan fingerprint density at radius 3 is 2.15 bits per heavy atom. The first-order chi connectivity index (χ1) is 16.3. The summed E-state index contributed by atoms with van der Waals surface area (Å²) in [5.74, 6) is -12.1. The van der Waals surface area contributed by atoms with Gasteiger partial charge >= 0.3 is 0 Å². The van der Waals surface area contributed by atoms with Crippen molar-refractivity contribution in [2.45, 2.75) is 38.6 Å². The highest BCUT2D eigenvalue weighted by Crippen LogP contribution is 2.38. The zero-order valence-corrected chi connectivity index (χ0v) is 18.6. The van der Waals surface area contributed by atoms with Crippen molar-refractivity contribution in [1.29, 1.82) is 0 Å². The second kappa shape index (κ2) is 9.92. The van der Waals surface area contributed by atoms with E-state index in [1.54, 1.807) is 0 Å². The minimum atomic E-state index is -2.29. The molecule has 0 spiro atoms. The maximum Gasteiger partial charge on any atom is 0.254 e. The fourth-order valence-corrected chi connectivity index (χ4v) is 5.20. The van der Waals surface area contributed by atoms with Crippen LogP contribution in [0, 0.1) is 29.1 Å². The predicted octanol–water partition coefficient (Wildman–Crippen LogP) is 5.43. The van der Waals surface area contributed by atoms with Crippen LogP contribution in [0.3, 0.4) is 0 Å². The third-order valence-corrected chi connectivity index (χ3v) is 6.79. The third-order valence-electron chi connectivity index (χ3n) is 5.59. The molecule has 1 aliphatic rings. The van der Waals surface area contributed by atoms with Gasteiger partial charge in [-0.05, 0) is 36.8 Å². The molecular weight excluding hydrogens is 475 g/mol. The van der Waals surface area contributed by atoms with Crippen LogP contribution in [0.5, 0.6) is 0 Å². The van der Waals surface area contributed by atoms with E-state index in [0.717, 1.165) is 28.8 Å². The van der Waals surface area contributed by atoms with Gasteiger partial charge in [0.25, 0.3) is 5.91 Å². The van der Waals surface area contributed by atoms with Crippen LogP contribution in [0.15, 0.2) is 30.3 Å². The molecule has 1 aliphatic carbocycles. The van der Waals surface area contributed by atoms with Crippen molar-refractivity contribution in [3.63, 3.8) is 0 Å². The smallest absolute Gasteiger partial charge is 0.254 e. The van der Waals surface area contributed by atoms with Crippen LogP contribution in [0.25, 0.3) is 0 Å². The number of fused-ring (bicyclic) bond motifs is 1. The van der Waals surface area contributed by atoms with E-state index in [1.807, 2.05) is 30.3 Å². The molecule has 4 rings (SSSR count). The molecular formula is C24H19F5N2O2S. The molecule has 0 radical (unpaired) electrons. The lowest BCUT2D eigenvalue weighted by Gasteiger charge is -2.13. The summed E-state index contributed by atoms with van der Waals surface area (Å²) < 4.78 is 68.2. The molecule has 2 aromatic carbocycles. The van der Waals surface area contributed by atoms with Crippen molar-refractivity contribution >= 4 is 28.2 Å². The molecule has 0 saturated heterocycles. The molecule has 0 unspecified atom stereocenters. The first kappa shape index (κ1) is 23.9. The summed E-state index contributed by atoms with van der Waals surface area (Å²) in [6.07, 6.45) is 2.04. The zero-order chi connectivity index (χ0) is 24.4. The minimum absolute atomic E-state index is 0.186. The van der Waals surface area contributed by atoms with Gasteiger partial charge in [0.1, 0.15) is 5.00 Å². The van der Waals surface area contributed by atoms with Gasteiger partial charge in [-0.3, -0.25) is 9.59 Å². The fourth-order valence-electron chi connectivity index (χ4n) is 3.90. The molecule has 1 aromatic heterocycles. The Morgan fingerprint density at radius 2 is 1.47 bits per heavy atom. The van der Waals surface area contributed by atoms with E-state index in [0.29, 0.717) is 12.8 Å². The van der Waals surface area contributed by atoms with E-state index in [-0.39, 0.29) is 17.1 Å². The van der Waals surface area contributed by atoms with Gasteiger partial charge in [0, 0.05) is 17.0 Å². The van der Waals surface area contributed by atoms with Gasteiger partial charge in [-0.2, -0.15) is 0 Å². The number of rotatable bonds is 6. The molecule has 0 atom stereocenters. The van der Waals surface area contributed by atoms with Gasteiger partial charge in [-0.25, -0.2) is 22.0 Å². The number of nitrogens with one attached hydrogen (secondary N) is 2. The quantitative estimate of drug-likeness (QED) is 0.273. The second-order valence-corrected chi connectivity index (χ2v) is 8.96. The number of benzene rings is 2. The van der Waals surface area contributed by atoms with E-state index in [9.17, 15) is 31.5 Å². The molecule has 3 aromatic rings. The molecule has 1 heterocycles. The van der Waals surface area contributed by atoms with E-state index in [1.165, 1.54) is 11.3 Å². The highest BCUT2D eigenvalue weighted by atomic mass is 32.1. The second-order valence-electron chi connectivity index (χ2n) is 7.86. The number of hydrogen-bond donors (Lipinski definition) is 2. The number of carbonyl (C=O) groups is 2. The minimum Gasteiger partial charge on any atom is -0.348 e. The van der Waals surface area contributed by atoms with Crippen LogP contribution in [-0.4, -0.2) is 11.8 Å². The molecule has 34 heavy (non-hydrogen) atoms. The Kier molecular flexibility index (Phi) is 6.97. The average molecular weight is 494 g/mol. The van der Waals surface area contributed by atoms with Gasteiger partial charge in [0.15, 0.2) is 23.3 Å². The summed E-state index contributed by atoms with van der Waals surface area (Å²) in [5, 5.41) is 5.45. The lowest BCUT2D eigenvalue weighted by atomic mass is 9.95. The zero-order valence-electron chi connectivity index (χ0n) is 17.7. The van der Waals surface area contributed by atoms with Crippen LogP contribution < -0.4 is 10.6 Å². The topological polar surface area (TPSA) is 58.2 Å². The van der Waals surface area contributed by atoms with Crippen LogP contribution in [0.1, 0.15) is 44.8 Å². The van der Waals surface area contributed by atoms with Gasteiger partial charge in [-0.1, -0.05) is 30.3 Å². The van der Waals surface area contributed by atoms with E-state index in [4.69, 9.17) is 0 Å². The summed E-state index contributed by atoms with van der Waals surface area (Å²) in [7, 11) is 0. The number of thiophene rings is 1. The fraction of sp³-hybridized carbons (Fsp3) is 0.250. The normalized spacial score (nSPS) is 12.9. The lowest BCUT2D eigenvalue weighted by Crippen LogP contribution is -2.26. The first-order valence-corrected chi connectivity index (χ1v) is 11.4. The first-order valence-electron chi connectivity index (χ1n) is 10.5. The molecule has 0 saturated carbocycles. The van der Waals surface area contributed by atoms with Crippen LogP contribution in [0.4, 0.5) is 27.0 Å². The number of aryl methyl sites for hydroxylation is 1. The Morgan fingerprint density at radius 1 is 0.853 bits per heavy atom. The van der Waals surface area contributed by atoms with Gasteiger partial charge < -0.3 is 10.6 Å². The standard InChI is InChI=1S/C24H19F5N2O2S/c25-18-14(19(26)21(28)22(29)20(18)27)10-16(32)31-24-17(13-8-4-5-9-15(13)34-24)23(33)30-11-12-6-2-1-3-7-12/h1-3,6-7H,4-5,8-11H2,(H,30,33)(H,31,32). The van der Waals surface area contributed by atoms with Crippen molar-refractivity contribution in [3.8, 4) is 0 Å². The SMILES string of the molecule is O=C(Cc1c(F)c(F)c(F)c(F)c1F)Nc1sc2c(c1C(=O)NCc1ccccc1)CCCC2. The summed E-state index contributed by atoms with van der Waals surface area (Å²) in [5.41, 5.74) is 0.705. The van der Waals surface area contributed by atoms with E-state index in [2.05, 4.69) is 10.6 Å². The summed E-state index contributed by atoms with van der Waals surface area (Å²) in [6.45, 7) is 0.252. The van der Waals surface area contributed by atoms with Gasteiger partial charge in [0.05, 0.1) is 12.0 Å². The Labute approximate surface area is 195 Å². The number of amides is 2. The number of hydrogen-bond acceptors (Lipinski definition) is 3. The van der Waals surface area contributed by atoms with E-state index < -0.39 is 52.9 Å². The summed E-state index contributed by atoms with van der Waals surface area (Å²) in [4.78, 5) is 26.5. The molecule has 0 bridgehead atoms. The Hall–Kier alpha value is -3.27. The van der Waals surface area contributed by atoms with Crippen molar-refractivity contribution in [1.82, 2.24) is 5.32 Å². The number of anilines is 1. The number of halogens is 5. The molecule has 2 N–H and O–H groups in total. The van der Waals surface area contributed by atoms with Crippen molar-refractivity contribution in [3.05, 3.63) is 86.5 Å². The highest BCUT2D eigenvalue weighted by Gasteiger charge is 2.29. The Balaban J connectivity index is 1.58. The molecule has 0 aliphatic heterocycles. The van der Waals surface area contributed by atoms with Crippen molar-refractivity contribution in [2.75, 3.05) is 5.32 Å². The van der Waals surface area contributed by atoms with Gasteiger partial charge in [0.2, 0.25) is 11.7 Å².